The molecule has 5 heteroatoms. The first-order chi connectivity index (χ1) is 9.56. The van der Waals surface area contributed by atoms with Gasteiger partial charge in [-0.15, -0.1) is 0 Å². The van der Waals surface area contributed by atoms with Crippen LogP contribution in [0.15, 0.2) is 6.20 Å². The Morgan fingerprint density at radius 3 is 2.60 bits per heavy atom. The number of nitrogens with one attached hydrogen (secondary N) is 1. The monoisotopic (exact) mass is 278 g/mol. The van der Waals surface area contributed by atoms with Crippen LogP contribution in [0.4, 0.5) is 0 Å². The normalized spacial score (nSPS) is 16.9. The van der Waals surface area contributed by atoms with Gasteiger partial charge in [0.1, 0.15) is 0 Å². The lowest BCUT2D eigenvalue weighted by molar-refractivity contribution is 0.0705. The number of likely N-dealkylation sites (tertiary alicyclic amines) is 1. The van der Waals surface area contributed by atoms with E-state index in [1.165, 1.54) is 0 Å². The molecule has 0 aromatic carbocycles. The Hall–Kier alpha value is -1.36. The number of aromatic nitrogens is 2. The van der Waals surface area contributed by atoms with Crippen molar-refractivity contribution in [3.8, 4) is 0 Å². The molecule has 0 atom stereocenters. The van der Waals surface area contributed by atoms with Gasteiger partial charge < -0.3 is 10.2 Å². The van der Waals surface area contributed by atoms with Crippen LogP contribution in [0.3, 0.4) is 0 Å². The molecular weight excluding hydrogens is 252 g/mol. The van der Waals surface area contributed by atoms with Gasteiger partial charge in [-0.05, 0) is 32.7 Å². The second-order valence-electron chi connectivity index (χ2n) is 5.79. The van der Waals surface area contributed by atoms with Crippen LogP contribution in [0.1, 0.15) is 55.6 Å². The van der Waals surface area contributed by atoms with Crippen LogP contribution in [0, 0.1) is 0 Å². The van der Waals surface area contributed by atoms with E-state index in [2.05, 4.69) is 24.3 Å². The summed E-state index contributed by atoms with van der Waals surface area (Å²) in [5.41, 5.74) is 1.71. The molecule has 0 unspecified atom stereocenters. The zero-order valence-electron chi connectivity index (χ0n) is 13.0. The first-order valence-corrected chi connectivity index (χ1v) is 7.60. The van der Waals surface area contributed by atoms with Crippen LogP contribution in [-0.2, 0) is 6.54 Å². The van der Waals surface area contributed by atoms with Gasteiger partial charge in [0.2, 0.25) is 0 Å². The maximum atomic E-state index is 12.7. The predicted octanol–water partition coefficient (Wildman–Crippen LogP) is 1.85. The van der Waals surface area contributed by atoms with Crippen molar-refractivity contribution in [2.75, 3.05) is 20.1 Å². The molecule has 2 rings (SSSR count). The van der Waals surface area contributed by atoms with Crippen LogP contribution in [0.2, 0.25) is 0 Å². The van der Waals surface area contributed by atoms with E-state index in [9.17, 15) is 4.79 Å². The number of hydrogen-bond acceptors (Lipinski definition) is 3. The molecule has 1 aromatic heterocycles. The summed E-state index contributed by atoms with van der Waals surface area (Å²) in [6, 6.07) is 0.544. The third-order valence-electron chi connectivity index (χ3n) is 4.08. The average Bonchev–Trinajstić information content (AvgIpc) is 2.91. The summed E-state index contributed by atoms with van der Waals surface area (Å²) in [5, 5.41) is 7.82. The quantitative estimate of drug-likeness (QED) is 0.914. The van der Waals surface area contributed by atoms with Gasteiger partial charge in [-0.25, -0.2) is 0 Å². The summed E-state index contributed by atoms with van der Waals surface area (Å²) in [7, 11) is 1.99. The molecule has 1 fully saturated rings. The lowest BCUT2D eigenvalue weighted by Crippen LogP contribution is -2.44. The summed E-state index contributed by atoms with van der Waals surface area (Å²) in [6.45, 7) is 8.69. The molecule has 1 saturated heterocycles. The number of nitrogens with zero attached hydrogens (tertiary/aromatic N) is 3. The van der Waals surface area contributed by atoms with Gasteiger partial charge in [-0.1, -0.05) is 13.8 Å². The number of hydrogen-bond donors (Lipinski definition) is 1. The zero-order valence-corrected chi connectivity index (χ0v) is 13.0. The van der Waals surface area contributed by atoms with Crippen LogP contribution < -0.4 is 5.32 Å². The minimum Gasteiger partial charge on any atom is -0.338 e. The molecule has 0 bridgehead atoms. The van der Waals surface area contributed by atoms with Gasteiger partial charge in [-0.3, -0.25) is 9.48 Å². The standard InChI is InChI=1S/C15H26N4O/c1-5-19-10-13(14(17-19)11(2)3)15(20)18-8-6-12(16-4)7-9-18/h10-12,16H,5-9H2,1-4H3. The number of aryl methyl sites for hydroxylation is 1. The highest BCUT2D eigenvalue weighted by molar-refractivity contribution is 5.95. The molecule has 0 aliphatic carbocycles. The largest absolute Gasteiger partial charge is 0.338 e. The van der Waals surface area contributed by atoms with E-state index in [-0.39, 0.29) is 11.8 Å². The van der Waals surface area contributed by atoms with E-state index < -0.39 is 0 Å². The van der Waals surface area contributed by atoms with E-state index in [1.807, 2.05) is 29.7 Å². The van der Waals surface area contributed by atoms with Crippen molar-refractivity contribution in [3.63, 3.8) is 0 Å². The molecule has 1 aromatic rings. The van der Waals surface area contributed by atoms with Gasteiger partial charge in [0.15, 0.2) is 0 Å². The van der Waals surface area contributed by atoms with E-state index in [0.29, 0.717) is 6.04 Å². The molecule has 112 valence electrons. The number of piperidine rings is 1. The molecule has 5 nitrogen and oxygen atoms in total. The molecule has 1 aliphatic rings. The SMILES string of the molecule is CCn1cc(C(=O)N2CCC(NC)CC2)c(C(C)C)n1. The van der Waals surface area contributed by atoms with Crippen molar-refractivity contribution in [2.24, 2.45) is 0 Å². The van der Waals surface area contributed by atoms with Crippen molar-refractivity contribution >= 4 is 5.91 Å². The topological polar surface area (TPSA) is 50.2 Å². The molecule has 1 amide bonds. The number of carbonyl (C=O) groups excluding carboxylic acids is 1. The Bertz CT molecular complexity index is 458. The minimum absolute atomic E-state index is 0.142. The maximum Gasteiger partial charge on any atom is 0.257 e. The summed E-state index contributed by atoms with van der Waals surface area (Å²) in [4.78, 5) is 14.7. The summed E-state index contributed by atoms with van der Waals surface area (Å²) in [6.07, 6.45) is 3.96. The van der Waals surface area contributed by atoms with Gasteiger partial charge in [0, 0.05) is 31.9 Å². The molecule has 20 heavy (non-hydrogen) atoms. The van der Waals surface area contributed by atoms with E-state index in [0.717, 1.165) is 43.7 Å². The van der Waals surface area contributed by atoms with Crippen molar-refractivity contribution in [3.05, 3.63) is 17.5 Å². The number of carbonyl (C=O) groups is 1. The fourth-order valence-corrected chi connectivity index (χ4v) is 2.73. The van der Waals surface area contributed by atoms with E-state index >= 15 is 0 Å². The number of rotatable bonds is 4. The third kappa shape index (κ3) is 3.03. The molecule has 0 spiro atoms. The van der Waals surface area contributed by atoms with Crippen LogP contribution in [-0.4, -0.2) is 46.8 Å². The van der Waals surface area contributed by atoms with E-state index in [1.54, 1.807) is 0 Å². The summed E-state index contributed by atoms with van der Waals surface area (Å²) < 4.78 is 1.86. The van der Waals surface area contributed by atoms with Crippen molar-refractivity contribution < 1.29 is 4.79 Å². The van der Waals surface area contributed by atoms with Crippen LogP contribution >= 0.6 is 0 Å². The Morgan fingerprint density at radius 1 is 1.45 bits per heavy atom. The van der Waals surface area contributed by atoms with Gasteiger partial charge in [-0.2, -0.15) is 5.10 Å². The highest BCUT2D eigenvalue weighted by atomic mass is 16.2. The van der Waals surface area contributed by atoms with E-state index in [4.69, 9.17) is 0 Å². The Labute approximate surface area is 121 Å². The average molecular weight is 278 g/mol. The minimum atomic E-state index is 0.142. The fraction of sp³-hybridized carbons (Fsp3) is 0.733. The number of amides is 1. The van der Waals surface area contributed by atoms with Crippen molar-refractivity contribution in [1.82, 2.24) is 20.0 Å². The molecule has 2 heterocycles. The highest BCUT2D eigenvalue weighted by Crippen LogP contribution is 2.21. The predicted molar refractivity (Wildman–Crippen MR) is 80.0 cm³/mol. The van der Waals surface area contributed by atoms with Crippen LogP contribution in [0.25, 0.3) is 0 Å². The lowest BCUT2D eigenvalue weighted by Gasteiger charge is -2.31. The summed E-state index contributed by atoms with van der Waals surface area (Å²) in [5.74, 6) is 0.416. The van der Waals surface area contributed by atoms with Gasteiger partial charge in [0.05, 0.1) is 11.3 Å². The first kappa shape index (κ1) is 15.0. The maximum absolute atomic E-state index is 12.7. The Kier molecular flexibility index (Phi) is 4.81. The Morgan fingerprint density at radius 2 is 2.10 bits per heavy atom. The second kappa shape index (κ2) is 6.39. The third-order valence-corrected chi connectivity index (χ3v) is 4.08. The van der Waals surface area contributed by atoms with Crippen molar-refractivity contribution in [2.45, 2.75) is 52.1 Å². The fourth-order valence-electron chi connectivity index (χ4n) is 2.73. The van der Waals surface area contributed by atoms with Gasteiger partial charge in [0.25, 0.3) is 5.91 Å². The molecular formula is C15H26N4O. The van der Waals surface area contributed by atoms with Crippen LogP contribution in [0.5, 0.6) is 0 Å². The molecule has 1 aliphatic heterocycles. The zero-order chi connectivity index (χ0) is 14.7. The summed E-state index contributed by atoms with van der Waals surface area (Å²) >= 11 is 0. The lowest BCUT2D eigenvalue weighted by atomic mass is 10.0. The molecule has 0 saturated carbocycles. The highest BCUT2D eigenvalue weighted by Gasteiger charge is 2.26. The van der Waals surface area contributed by atoms with Gasteiger partial charge >= 0.3 is 0 Å². The second-order valence-corrected chi connectivity index (χ2v) is 5.79. The molecule has 0 radical (unpaired) electrons. The molecule has 1 N–H and O–H groups in total. The first-order valence-electron chi connectivity index (χ1n) is 7.60. The smallest absolute Gasteiger partial charge is 0.257 e. The Balaban J connectivity index is 2.15. The van der Waals surface area contributed by atoms with Crippen molar-refractivity contribution in [1.29, 1.82) is 0 Å².